The standard InChI is InChI=1S/C13H18N2O2S/c1-9-6-4-5-7-10(9)11-8-18(16,17)13(2,3)12(14)15-11/h4-7,11H,8H2,1-3H3,(H2,14,15)/t11-/m0/s1. The average molecular weight is 266 g/mol. The smallest absolute Gasteiger partial charge is 0.164 e. The Labute approximate surface area is 108 Å². The van der Waals surface area contributed by atoms with Gasteiger partial charge in [0.2, 0.25) is 0 Å². The zero-order valence-corrected chi connectivity index (χ0v) is 11.6. The largest absolute Gasteiger partial charge is 0.365 e. The van der Waals surface area contributed by atoms with Crippen molar-refractivity contribution < 1.29 is 8.42 Å². The molecule has 0 bridgehead atoms. The highest BCUT2D eigenvalue weighted by Gasteiger charge is 2.45. The third-order valence-electron chi connectivity index (χ3n) is 3.65. The lowest BCUT2D eigenvalue weighted by Gasteiger charge is -2.36. The molecular weight excluding hydrogens is 248 g/mol. The maximum atomic E-state index is 12.2. The van der Waals surface area contributed by atoms with Crippen LogP contribution >= 0.6 is 0 Å². The van der Waals surface area contributed by atoms with Gasteiger partial charge in [0.25, 0.3) is 0 Å². The second kappa shape index (κ2) is 4.09. The van der Waals surface area contributed by atoms with Crippen LogP contribution < -0.4 is 5.32 Å². The SMILES string of the molecule is Cc1ccccc1[C@@H]1CS(=O)(=O)C(C)(C)C(=N)N1. The summed E-state index contributed by atoms with van der Waals surface area (Å²) in [4.78, 5) is 0. The summed E-state index contributed by atoms with van der Waals surface area (Å²) in [6, 6.07) is 7.35. The van der Waals surface area contributed by atoms with Crippen molar-refractivity contribution in [2.24, 2.45) is 0 Å². The summed E-state index contributed by atoms with van der Waals surface area (Å²) in [5, 5.41) is 10.9. The number of benzene rings is 1. The average Bonchev–Trinajstić information content (AvgIpc) is 2.26. The molecule has 1 aromatic carbocycles. The van der Waals surface area contributed by atoms with E-state index in [4.69, 9.17) is 5.41 Å². The molecule has 2 rings (SSSR count). The lowest BCUT2D eigenvalue weighted by atomic mass is 10.0. The molecule has 98 valence electrons. The predicted octanol–water partition coefficient (Wildman–Crippen LogP) is 1.81. The number of hydrogen-bond acceptors (Lipinski definition) is 3. The van der Waals surface area contributed by atoms with Crippen LogP contribution in [0, 0.1) is 12.3 Å². The van der Waals surface area contributed by atoms with Crippen LogP contribution in [0.5, 0.6) is 0 Å². The Morgan fingerprint density at radius 3 is 2.50 bits per heavy atom. The van der Waals surface area contributed by atoms with E-state index >= 15 is 0 Å². The summed E-state index contributed by atoms with van der Waals surface area (Å²) < 4.78 is 23.3. The van der Waals surface area contributed by atoms with Crippen LogP contribution in [0.25, 0.3) is 0 Å². The molecule has 18 heavy (non-hydrogen) atoms. The number of hydrogen-bond donors (Lipinski definition) is 2. The van der Waals surface area contributed by atoms with Crippen LogP contribution in [0.4, 0.5) is 0 Å². The summed E-state index contributed by atoms with van der Waals surface area (Å²) >= 11 is 0. The minimum absolute atomic E-state index is 0.0350. The van der Waals surface area contributed by atoms with Crippen LogP contribution in [0.2, 0.25) is 0 Å². The Morgan fingerprint density at radius 2 is 1.94 bits per heavy atom. The van der Waals surface area contributed by atoms with Crippen molar-refractivity contribution in [3.8, 4) is 0 Å². The van der Waals surface area contributed by atoms with E-state index in [2.05, 4.69) is 5.32 Å². The Balaban J connectivity index is 2.42. The van der Waals surface area contributed by atoms with E-state index in [0.717, 1.165) is 11.1 Å². The van der Waals surface area contributed by atoms with Crippen molar-refractivity contribution in [2.75, 3.05) is 5.75 Å². The van der Waals surface area contributed by atoms with Gasteiger partial charge in [0.05, 0.1) is 11.8 Å². The lowest BCUT2D eigenvalue weighted by Crippen LogP contribution is -2.56. The Bertz CT molecular complexity index is 591. The zero-order chi connectivity index (χ0) is 13.6. The lowest BCUT2D eigenvalue weighted by molar-refractivity contribution is 0.542. The zero-order valence-electron chi connectivity index (χ0n) is 10.8. The third kappa shape index (κ3) is 1.92. The number of amidine groups is 1. The molecule has 0 radical (unpaired) electrons. The minimum Gasteiger partial charge on any atom is -0.365 e. The topological polar surface area (TPSA) is 70.0 Å². The van der Waals surface area contributed by atoms with Gasteiger partial charge in [-0.3, -0.25) is 5.41 Å². The second-order valence-electron chi connectivity index (χ2n) is 5.22. The van der Waals surface area contributed by atoms with E-state index in [1.54, 1.807) is 13.8 Å². The van der Waals surface area contributed by atoms with Gasteiger partial charge < -0.3 is 5.32 Å². The fourth-order valence-electron chi connectivity index (χ4n) is 2.12. The Morgan fingerprint density at radius 1 is 1.33 bits per heavy atom. The molecule has 1 aliphatic rings. The van der Waals surface area contributed by atoms with Gasteiger partial charge in [0.15, 0.2) is 9.84 Å². The fourth-order valence-corrected chi connectivity index (χ4v) is 3.61. The molecule has 1 aromatic rings. The molecule has 0 saturated carbocycles. The molecule has 1 saturated heterocycles. The first-order valence-electron chi connectivity index (χ1n) is 5.89. The third-order valence-corrected chi connectivity index (χ3v) is 6.18. The summed E-state index contributed by atoms with van der Waals surface area (Å²) in [5.41, 5.74) is 1.99. The first-order valence-corrected chi connectivity index (χ1v) is 7.54. The molecule has 0 amide bonds. The molecule has 0 aromatic heterocycles. The molecule has 0 aliphatic carbocycles. The molecule has 1 aliphatic heterocycles. The Hall–Kier alpha value is -1.36. The molecule has 0 spiro atoms. The Kier molecular flexibility index (Phi) is 2.97. The summed E-state index contributed by atoms with van der Waals surface area (Å²) in [6.45, 7) is 5.10. The van der Waals surface area contributed by atoms with Gasteiger partial charge in [-0.2, -0.15) is 0 Å². The van der Waals surface area contributed by atoms with E-state index in [1.165, 1.54) is 0 Å². The number of sulfone groups is 1. The van der Waals surface area contributed by atoms with Crippen molar-refractivity contribution in [2.45, 2.75) is 31.6 Å². The van der Waals surface area contributed by atoms with Crippen LogP contribution in [0.15, 0.2) is 24.3 Å². The van der Waals surface area contributed by atoms with Gasteiger partial charge in [0.1, 0.15) is 10.6 Å². The monoisotopic (exact) mass is 266 g/mol. The van der Waals surface area contributed by atoms with Crippen LogP contribution in [0.1, 0.15) is 31.0 Å². The molecule has 0 unspecified atom stereocenters. The van der Waals surface area contributed by atoms with Crippen molar-refractivity contribution in [1.29, 1.82) is 5.41 Å². The van der Waals surface area contributed by atoms with E-state index in [1.807, 2.05) is 31.2 Å². The maximum Gasteiger partial charge on any atom is 0.164 e. The molecule has 1 heterocycles. The molecule has 2 N–H and O–H groups in total. The molecule has 1 atom stereocenters. The van der Waals surface area contributed by atoms with Crippen molar-refractivity contribution in [3.05, 3.63) is 35.4 Å². The molecule has 1 fully saturated rings. The number of nitrogens with one attached hydrogen (secondary N) is 2. The summed E-state index contributed by atoms with van der Waals surface area (Å²) in [5.74, 6) is 0.106. The predicted molar refractivity (Wildman–Crippen MR) is 72.6 cm³/mol. The van der Waals surface area contributed by atoms with Crippen molar-refractivity contribution >= 4 is 15.7 Å². The van der Waals surface area contributed by atoms with E-state index < -0.39 is 14.6 Å². The quantitative estimate of drug-likeness (QED) is 0.814. The van der Waals surface area contributed by atoms with Gasteiger partial charge in [-0.15, -0.1) is 0 Å². The molecule has 5 heteroatoms. The van der Waals surface area contributed by atoms with Gasteiger partial charge in [-0.25, -0.2) is 8.42 Å². The molecular formula is C13H18N2O2S. The number of rotatable bonds is 1. The van der Waals surface area contributed by atoms with Gasteiger partial charge in [0, 0.05) is 0 Å². The van der Waals surface area contributed by atoms with Crippen LogP contribution in [0.3, 0.4) is 0 Å². The first-order chi connectivity index (χ1) is 8.25. The number of aryl methyl sites for hydroxylation is 1. The summed E-state index contributed by atoms with van der Waals surface area (Å²) in [6.07, 6.45) is 0. The van der Waals surface area contributed by atoms with E-state index in [-0.39, 0.29) is 17.6 Å². The van der Waals surface area contributed by atoms with Gasteiger partial charge in [-0.1, -0.05) is 24.3 Å². The van der Waals surface area contributed by atoms with E-state index in [9.17, 15) is 8.42 Å². The van der Waals surface area contributed by atoms with Gasteiger partial charge in [-0.05, 0) is 31.9 Å². The van der Waals surface area contributed by atoms with Crippen molar-refractivity contribution in [1.82, 2.24) is 5.32 Å². The first kappa shape index (κ1) is 13.1. The highest BCUT2D eigenvalue weighted by atomic mass is 32.2. The second-order valence-corrected chi connectivity index (χ2v) is 7.80. The van der Waals surface area contributed by atoms with Gasteiger partial charge >= 0.3 is 0 Å². The molecule has 4 nitrogen and oxygen atoms in total. The van der Waals surface area contributed by atoms with Crippen LogP contribution in [-0.4, -0.2) is 24.8 Å². The van der Waals surface area contributed by atoms with Crippen LogP contribution in [-0.2, 0) is 9.84 Å². The minimum atomic E-state index is -3.31. The van der Waals surface area contributed by atoms with E-state index in [0.29, 0.717) is 0 Å². The highest BCUT2D eigenvalue weighted by molar-refractivity contribution is 7.93. The normalized spacial score (nSPS) is 25.5. The highest BCUT2D eigenvalue weighted by Crippen LogP contribution is 2.30. The summed E-state index contributed by atoms with van der Waals surface area (Å²) in [7, 11) is -3.31. The maximum absolute atomic E-state index is 12.2. The van der Waals surface area contributed by atoms with Crippen molar-refractivity contribution in [3.63, 3.8) is 0 Å². The fraction of sp³-hybridized carbons (Fsp3) is 0.462.